The third kappa shape index (κ3) is 5.19. The van der Waals surface area contributed by atoms with Crippen LogP contribution in [-0.2, 0) is 4.74 Å². The summed E-state index contributed by atoms with van der Waals surface area (Å²) in [6.07, 6.45) is 0. The van der Waals surface area contributed by atoms with Crippen molar-refractivity contribution in [2.24, 2.45) is 0 Å². The van der Waals surface area contributed by atoms with E-state index in [2.05, 4.69) is 16.4 Å². The van der Waals surface area contributed by atoms with Crippen molar-refractivity contribution in [3.05, 3.63) is 64.7 Å². The molecule has 40 heavy (non-hydrogen) atoms. The van der Waals surface area contributed by atoms with Crippen LogP contribution in [0.4, 0.5) is 25.3 Å². The number of aromatic nitrogens is 2. The number of thiazole rings is 1. The van der Waals surface area contributed by atoms with E-state index in [1.165, 1.54) is 31.4 Å². The first kappa shape index (κ1) is 27.4. The van der Waals surface area contributed by atoms with Gasteiger partial charge in [0.15, 0.2) is 16.6 Å². The number of piperazine rings is 1. The topological polar surface area (TPSA) is 115 Å². The van der Waals surface area contributed by atoms with E-state index in [4.69, 9.17) is 9.72 Å². The van der Waals surface area contributed by atoms with E-state index in [1.807, 2.05) is 17.9 Å². The molecule has 1 saturated heterocycles. The number of nitrogens with zero attached hydrogens (tertiary/aromatic N) is 5. The van der Waals surface area contributed by atoms with Gasteiger partial charge in [-0.3, -0.25) is 0 Å². The fraction of sp³-hybridized carbons (Fsp3) is 0.286. The molecule has 2 aromatic heterocycles. The predicted molar refractivity (Wildman–Crippen MR) is 149 cm³/mol. The first-order chi connectivity index (χ1) is 19.4. The summed E-state index contributed by atoms with van der Waals surface area (Å²) < 4.78 is 34.1. The largest absolute Gasteiger partial charge is 0.464 e. The number of pyridine rings is 1. The molecule has 3 heterocycles. The highest BCUT2D eigenvalue weighted by Crippen LogP contribution is 2.40. The van der Waals surface area contributed by atoms with Crippen molar-refractivity contribution < 1.29 is 23.4 Å². The number of carbonyl (C=O) groups is 1. The van der Waals surface area contributed by atoms with Crippen LogP contribution in [0.2, 0.25) is 0 Å². The fourth-order valence-corrected chi connectivity index (χ4v) is 5.73. The molecular formula is C28H26F2N6O3S. The van der Waals surface area contributed by atoms with Crippen molar-refractivity contribution >= 4 is 44.7 Å². The zero-order chi connectivity index (χ0) is 28.4. The van der Waals surface area contributed by atoms with E-state index >= 15 is 4.39 Å². The minimum absolute atomic E-state index is 0.00948. The predicted octanol–water partition coefficient (Wildman–Crippen LogP) is 4.22. The summed E-state index contributed by atoms with van der Waals surface area (Å²) in [5.41, 5.74) is 1.97. The fourth-order valence-electron chi connectivity index (χ4n) is 4.76. The highest BCUT2D eigenvalue weighted by atomic mass is 32.1. The second-order valence-electron chi connectivity index (χ2n) is 9.16. The van der Waals surface area contributed by atoms with Crippen LogP contribution in [0.3, 0.4) is 0 Å². The van der Waals surface area contributed by atoms with Gasteiger partial charge >= 0.3 is 5.97 Å². The summed E-state index contributed by atoms with van der Waals surface area (Å²) >= 11 is 1.14. The van der Waals surface area contributed by atoms with E-state index < -0.39 is 17.6 Å². The van der Waals surface area contributed by atoms with Gasteiger partial charge in [0.1, 0.15) is 28.0 Å². The highest BCUT2D eigenvalue weighted by molar-refractivity contribution is 7.16. The van der Waals surface area contributed by atoms with Crippen molar-refractivity contribution in [3.63, 3.8) is 0 Å². The Hall–Kier alpha value is -4.18. The number of nitrogens with one attached hydrogen (secondary N) is 1. The lowest BCUT2D eigenvalue weighted by Crippen LogP contribution is -2.52. The number of nitriles is 1. The molecule has 0 aliphatic carbocycles. The van der Waals surface area contributed by atoms with Gasteiger partial charge in [0.2, 0.25) is 0 Å². The standard InChI is InChI=1S/C28H26F2N6O3S/c1-3-36(28-34-25(24(13-31)40-28)16-4-6-17(29)7-5-16)23-12-22(27(38)39-2)33-26-20(23)10-19(11-21(26)30)35-9-8-32-18(14-35)15-37/h4-7,10-12,18,32,37H,3,8-9,14-15H2,1-2H3. The van der Waals surface area contributed by atoms with Gasteiger partial charge in [-0.2, -0.15) is 5.26 Å². The molecule has 1 atom stereocenters. The molecule has 2 aromatic carbocycles. The van der Waals surface area contributed by atoms with Crippen molar-refractivity contribution in [3.8, 4) is 17.3 Å². The van der Waals surface area contributed by atoms with E-state index in [9.17, 15) is 19.6 Å². The number of carbonyl (C=O) groups excluding carboxylic acids is 1. The van der Waals surface area contributed by atoms with Crippen molar-refractivity contribution in [2.45, 2.75) is 13.0 Å². The Balaban J connectivity index is 1.68. The molecule has 0 amide bonds. The second-order valence-corrected chi connectivity index (χ2v) is 10.1. The smallest absolute Gasteiger partial charge is 0.356 e. The first-order valence-electron chi connectivity index (χ1n) is 12.6. The number of benzene rings is 2. The molecule has 0 saturated carbocycles. The number of hydrogen-bond donors (Lipinski definition) is 2. The lowest BCUT2D eigenvalue weighted by molar-refractivity contribution is 0.0594. The molecule has 1 aliphatic heterocycles. The second kappa shape index (κ2) is 11.5. The average Bonchev–Trinajstić information content (AvgIpc) is 3.41. The Kier molecular flexibility index (Phi) is 7.88. The highest BCUT2D eigenvalue weighted by Gasteiger charge is 2.25. The molecular weight excluding hydrogens is 538 g/mol. The zero-order valence-corrected chi connectivity index (χ0v) is 22.6. The van der Waals surface area contributed by atoms with E-state index in [1.54, 1.807) is 17.0 Å². The summed E-state index contributed by atoms with van der Waals surface area (Å²) in [5, 5.41) is 23.6. The first-order valence-corrected chi connectivity index (χ1v) is 13.4. The van der Waals surface area contributed by atoms with Gasteiger partial charge < -0.3 is 25.0 Å². The lowest BCUT2D eigenvalue weighted by Gasteiger charge is -2.34. The maximum atomic E-state index is 15.6. The van der Waals surface area contributed by atoms with E-state index in [0.717, 1.165) is 11.3 Å². The van der Waals surface area contributed by atoms with Gasteiger partial charge in [0.25, 0.3) is 0 Å². The Morgan fingerprint density at radius 3 is 2.73 bits per heavy atom. The Morgan fingerprint density at radius 1 is 1.27 bits per heavy atom. The van der Waals surface area contributed by atoms with Crippen LogP contribution < -0.4 is 15.1 Å². The summed E-state index contributed by atoms with van der Waals surface area (Å²) in [4.78, 5) is 25.6. The molecule has 1 unspecified atom stereocenters. The number of methoxy groups -OCH3 is 1. The van der Waals surface area contributed by atoms with Crippen LogP contribution in [0.25, 0.3) is 22.2 Å². The number of ether oxygens (including phenoxy) is 1. The molecule has 0 spiro atoms. The molecule has 206 valence electrons. The van der Waals surface area contributed by atoms with Gasteiger partial charge in [-0.15, -0.1) is 0 Å². The van der Waals surface area contributed by atoms with Gasteiger partial charge in [0.05, 0.1) is 19.4 Å². The summed E-state index contributed by atoms with van der Waals surface area (Å²) in [6, 6.07) is 12.4. The van der Waals surface area contributed by atoms with Gasteiger partial charge in [0, 0.05) is 48.9 Å². The minimum atomic E-state index is -0.723. The average molecular weight is 565 g/mol. The summed E-state index contributed by atoms with van der Waals surface area (Å²) in [5.74, 6) is -1.74. The minimum Gasteiger partial charge on any atom is -0.464 e. The van der Waals surface area contributed by atoms with Crippen LogP contribution in [0.1, 0.15) is 22.3 Å². The molecule has 4 aromatic rings. The van der Waals surface area contributed by atoms with Crippen molar-refractivity contribution in [1.82, 2.24) is 15.3 Å². The molecule has 0 radical (unpaired) electrons. The van der Waals surface area contributed by atoms with Gasteiger partial charge in [-0.1, -0.05) is 11.3 Å². The van der Waals surface area contributed by atoms with Gasteiger partial charge in [-0.05, 0) is 49.4 Å². The number of aliphatic hydroxyl groups excluding tert-OH is 1. The molecule has 9 nitrogen and oxygen atoms in total. The number of anilines is 3. The molecule has 0 bridgehead atoms. The Morgan fingerprint density at radius 2 is 2.05 bits per heavy atom. The summed E-state index contributed by atoms with van der Waals surface area (Å²) in [6.45, 7) is 3.92. The SMILES string of the molecule is CCN(c1nc(-c2ccc(F)cc2)c(C#N)s1)c1cc(C(=O)OC)nc2c(F)cc(N3CCNC(CO)C3)cc12. The van der Waals surface area contributed by atoms with E-state index in [-0.39, 0.29) is 23.9 Å². The number of rotatable bonds is 7. The third-order valence-electron chi connectivity index (χ3n) is 6.74. The van der Waals surface area contributed by atoms with Crippen LogP contribution in [-0.4, -0.2) is 67.0 Å². The molecule has 1 fully saturated rings. The zero-order valence-electron chi connectivity index (χ0n) is 21.8. The van der Waals surface area contributed by atoms with Crippen LogP contribution in [0, 0.1) is 23.0 Å². The van der Waals surface area contributed by atoms with E-state index in [0.29, 0.717) is 64.2 Å². The molecule has 5 rings (SSSR count). The van der Waals surface area contributed by atoms with Crippen molar-refractivity contribution in [2.75, 3.05) is 49.7 Å². The van der Waals surface area contributed by atoms with Crippen LogP contribution in [0.15, 0.2) is 42.5 Å². The normalized spacial score (nSPS) is 15.2. The number of aliphatic hydroxyl groups is 1. The van der Waals surface area contributed by atoms with Crippen molar-refractivity contribution in [1.29, 1.82) is 5.26 Å². The Bertz CT molecular complexity index is 1600. The molecule has 12 heteroatoms. The lowest BCUT2D eigenvalue weighted by atomic mass is 10.1. The number of fused-ring (bicyclic) bond motifs is 1. The molecule has 1 aliphatic rings. The third-order valence-corrected chi connectivity index (χ3v) is 7.72. The molecule has 2 N–H and O–H groups in total. The number of hydrogen-bond acceptors (Lipinski definition) is 10. The number of halogens is 2. The number of esters is 1. The van der Waals surface area contributed by atoms with Crippen LogP contribution >= 0.6 is 11.3 Å². The monoisotopic (exact) mass is 564 g/mol. The quantitative estimate of drug-likeness (QED) is 0.319. The van der Waals surface area contributed by atoms with Gasteiger partial charge in [-0.25, -0.2) is 23.5 Å². The van der Waals surface area contributed by atoms with Crippen LogP contribution in [0.5, 0.6) is 0 Å². The maximum Gasteiger partial charge on any atom is 0.356 e. The summed E-state index contributed by atoms with van der Waals surface area (Å²) in [7, 11) is 1.22. The maximum absolute atomic E-state index is 15.6. The Labute approximate surface area is 233 Å².